The summed E-state index contributed by atoms with van der Waals surface area (Å²) >= 11 is 0. The highest BCUT2D eigenvalue weighted by Crippen LogP contribution is 2.20. The molecule has 0 aromatic carbocycles. The third kappa shape index (κ3) is 67.1. The molecule has 79 heavy (non-hydrogen) atoms. The average Bonchev–Trinajstić information content (AvgIpc) is 3.45. The van der Waals surface area contributed by atoms with Crippen molar-refractivity contribution in [3.05, 3.63) is 0 Å². The molecular formula is C73H142O6. The van der Waals surface area contributed by atoms with Crippen LogP contribution in [0.1, 0.15) is 432 Å². The minimum atomic E-state index is -0.763. The maximum Gasteiger partial charge on any atom is 0.306 e. The summed E-state index contributed by atoms with van der Waals surface area (Å²) < 4.78 is 17.0. The molecule has 0 saturated heterocycles. The molecule has 0 aliphatic heterocycles. The van der Waals surface area contributed by atoms with Crippen LogP contribution in [0.15, 0.2) is 0 Å². The molecule has 0 spiro atoms. The van der Waals surface area contributed by atoms with E-state index >= 15 is 0 Å². The highest BCUT2D eigenvalue weighted by molar-refractivity contribution is 5.71. The van der Waals surface area contributed by atoms with Crippen LogP contribution in [0.5, 0.6) is 0 Å². The van der Waals surface area contributed by atoms with Crippen molar-refractivity contribution in [2.45, 2.75) is 438 Å². The van der Waals surface area contributed by atoms with Crippen molar-refractivity contribution in [3.8, 4) is 0 Å². The Kier molecular flexibility index (Phi) is 67.5. The van der Waals surface area contributed by atoms with E-state index < -0.39 is 6.10 Å². The Hall–Kier alpha value is -1.59. The summed E-state index contributed by atoms with van der Waals surface area (Å²) in [5, 5.41) is 0. The maximum absolute atomic E-state index is 12.9. The first kappa shape index (κ1) is 77.4. The molecule has 0 aromatic rings. The zero-order valence-corrected chi connectivity index (χ0v) is 54.2. The number of esters is 3. The molecule has 6 nitrogen and oxygen atoms in total. The van der Waals surface area contributed by atoms with E-state index in [1.165, 1.54) is 334 Å². The Labute approximate surface area is 495 Å². The molecule has 0 saturated carbocycles. The summed E-state index contributed by atoms with van der Waals surface area (Å²) in [4.78, 5) is 38.4. The first-order chi connectivity index (χ1) is 39.0. The standard InChI is InChI=1S/C73H142O6/c1-4-7-10-13-16-19-22-24-26-28-30-32-34-36-38-40-42-44-46-48-51-54-57-60-63-66-72(75)78-69-70(68-77-71(74)65-62-59-56-53-50-21-18-15-12-9-6-3)79-73(76)67-64-61-58-55-52-49-47-45-43-41-39-37-35-33-31-29-27-25-23-20-17-14-11-8-5-2/h70H,4-69H2,1-3H3. The second kappa shape index (κ2) is 68.9. The third-order valence-electron chi connectivity index (χ3n) is 17.1. The van der Waals surface area contributed by atoms with Crippen molar-refractivity contribution in [3.63, 3.8) is 0 Å². The van der Waals surface area contributed by atoms with E-state index in [1.807, 2.05) is 0 Å². The largest absolute Gasteiger partial charge is 0.462 e. The van der Waals surface area contributed by atoms with Gasteiger partial charge in [0.05, 0.1) is 0 Å². The zero-order chi connectivity index (χ0) is 57.1. The molecular weight excluding hydrogens is 973 g/mol. The van der Waals surface area contributed by atoms with Gasteiger partial charge in [0.1, 0.15) is 13.2 Å². The van der Waals surface area contributed by atoms with E-state index in [0.29, 0.717) is 19.3 Å². The van der Waals surface area contributed by atoms with Crippen molar-refractivity contribution in [1.29, 1.82) is 0 Å². The average molecular weight is 1120 g/mol. The van der Waals surface area contributed by atoms with Gasteiger partial charge in [-0.2, -0.15) is 0 Å². The van der Waals surface area contributed by atoms with Crippen molar-refractivity contribution in [1.82, 2.24) is 0 Å². The SMILES string of the molecule is CCCCCCCCCCCCCCCCCCCCCCCCCCCC(=O)OCC(COC(=O)CCCCCCCCCCCCC)OC(=O)CCCCCCCCCCCCCCCCCCCCCCCCCCC. The summed E-state index contributed by atoms with van der Waals surface area (Å²) in [6.45, 7) is 6.74. The van der Waals surface area contributed by atoms with E-state index in [9.17, 15) is 14.4 Å². The second-order valence-corrected chi connectivity index (χ2v) is 25.2. The van der Waals surface area contributed by atoms with Crippen LogP contribution in [0.3, 0.4) is 0 Å². The predicted octanol–water partition coefficient (Wildman–Crippen LogP) is 25.0. The van der Waals surface area contributed by atoms with Crippen molar-refractivity contribution >= 4 is 17.9 Å². The normalized spacial score (nSPS) is 11.9. The fraction of sp³-hybridized carbons (Fsp3) is 0.959. The second-order valence-electron chi connectivity index (χ2n) is 25.2. The topological polar surface area (TPSA) is 78.9 Å². The van der Waals surface area contributed by atoms with Crippen LogP contribution in [-0.2, 0) is 28.6 Å². The summed E-state index contributed by atoms with van der Waals surface area (Å²) in [5.74, 6) is -0.821. The van der Waals surface area contributed by atoms with E-state index in [4.69, 9.17) is 14.2 Å². The van der Waals surface area contributed by atoms with Gasteiger partial charge in [0.2, 0.25) is 0 Å². The summed E-state index contributed by atoms with van der Waals surface area (Å²) in [5.41, 5.74) is 0. The molecule has 0 rings (SSSR count). The van der Waals surface area contributed by atoms with E-state index in [1.54, 1.807) is 0 Å². The molecule has 0 bridgehead atoms. The number of hydrogen-bond donors (Lipinski definition) is 0. The van der Waals surface area contributed by atoms with Gasteiger partial charge < -0.3 is 14.2 Å². The molecule has 0 heterocycles. The number of ether oxygens (including phenoxy) is 3. The van der Waals surface area contributed by atoms with Gasteiger partial charge in [-0.1, -0.05) is 393 Å². The smallest absolute Gasteiger partial charge is 0.306 e. The number of rotatable bonds is 69. The van der Waals surface area contributed by atoms with Gasteiger partial charge in [-0.15, -0.1) is 0 Å². The minimum Gasteiger partial charge on any atom is -0.462 e. The van der Waals surface area contributed by atoms with Gasteiger partial charge in [0.15, 0.2) is 6.10 Å². The van der Waals surface area contributed by atoms with Crippen LogP contribution >= 0.6 is 0 Å². The lowest BCUT2D eigenvalue weighted by atomic mass is 10.0. The molecule has 0 radical (unpaired) electrons. The molecule has 1 atom stereocenters. The van der Waals surface area contributed by atoms with Crippen LogP contribution in [0, 0.1) is 0 Å². The molecule has 1 unspecified atom stereocenters. The van der Waals surface area contributed by atoms with Gasteiger partial charge in [-0.3, -0.25) is 14.4 Å². The molecule has 0 N–H and O–H groups in total. The number of carbonyl (C=O) groups is 3. The lowest BCUT2D eigenvalue weighted by Crippen LogP contribution is -2.30. The Bertz CT molecular complexity index is 1190. The molecule has 0 fully saturated rings. The Morgan fingerprint density at radius 3 is 0.506 bits per heavy atom. The number of hydrogen-bond acceptors (Lipinski definition) is 6. The first-order valence-electron chi connectivity index (χ1n) is 36.5. The number of unbranched alkanes of at least 4 members (excludes halogenated alkanes) is 58. The monoisotopic (exact) mass is 1120 g/mol. The van der Waals surface area contributed by atoms with Crippen LogP contribution in [-0.4, -0.2) is 37.2 Å². The highest BCUT2D eigenvalue weighted by Gasteiger charge is 2.20. The molecule has 6 heteroatoms. The van der Waals surface area contributed by atoms with E-state index in [2.05, 4.69) is 20.8 Å². The molecule has 0 aliphatic rings. The summed E-state index contributed by atoms with van der Waals surface area (Å²) in [6, 6.07) is 0. The number of carbonyl (C=O) groups excluding carboxylic acids is 3. The van der Waals surface area contributed by atoms with Gasteiger partial charge >= 0.3 is 17.9 Å². The molecule has 470 valence electrons. The van der Waals surface area contributed by atoms with E-state index in [-0.39, 0.29) is 31.1 Å². The van der Waals surface area contributed by atoms with Gasteiger partial charge in [-0.05, 0) is 19.3 Å². The Morgan fingerprint density at radius 2 is 0.342 bits per heavy atom. The molecule has 0 aliphatic carbocycles. The van der Waals surface area contributed by atoms with Crippen LogP contribution < -0.4 is 0 Å². The van der Waals surface area contributed by atoms with Gasteiger partial charge in [0.25, 0.3) is 0 Å². The van der Waals surface area contributed by atoms with Crippen LogP contribution in [0.4, 0.5) is 0 Å². The summed E-state index contributed by atoms with van der Waals surface area (Å²) in [7, 11) is 0. The Morgan fingerprint density at radius 1 is 0.203 bits per heavy atom. The lowest BCUT2D eigenvalue weighted by Gasteiger charge is -2.18. The Balaban J connectivity index is 4.12. The van der Waals surface area contributed by atoms with Crippen molar-refractivity contribution < 1.29 is 28.6 Å². The quantitative estimate of drug-likeness (QED) is 0.0343. The first-order valence-corrected chi connectivity index (χ1v) is 36.5. The van der Waals surface area contributed by atoms with Crippen LogP contribution in [0.25, 0.3) is 0 Å². The summed E-state index contributed by atoms with van der Waals surface area (Å²) in [6.07, 6.45) is 81.5. The van der Waals surface area contributed by atoms with Crippen LogP contribution in [0.2, 0.25) is 0 Å². The van der Waals surface area contributed by atoms with E-state index in [0.717, 1.165) is 57.8 Å². The van der Waals surface area contributed by atoms with Gasteiger partial charge in [-0.25, -0.2) is 0 Å². The zero-order valence-electron chi connectivity index (χ0n) is 54.2. The van der Waals surface area contributed by atoms with Crippen molar-refractivity contribution in [2.75, 3.05) is 13.2 Å². The fourth-order valence-electron chi connectivity index (χ4n) is 11.6. The predicted molar refractivity (Wildman–Crippen MR) is 344 cm³/mol. The lowest BCUT2D eigenvalue weighted by molar-refractivity contribution is -0.167. The highest BCUT2D eigenvalue weighted by atomic mass is 16.6. The van der Waals surface area contributed by atoms with Crippen molar-refractivity contribution in [2.24, 2.45) is 0 Å². The molecule has 0 aromatic heterocycles. The maximum atomic E-state index is 12.9. The van der Waals surface area contributed by atoms with Gasteiger partial charge in [0, 0.05) is 19.3 Å². The minimum absolute atomic E-state index is 0.0603. The third-order valence-corrected chi connectivity index (χ3v) is 17.1. The molecule has 0 amide bonds. The fourth-order valence-corrected chi connectivity index (χ4v) is 11.6.